The Morgan fingerprint density at radius 1 is 1.21 bits per heavy atom. The number of ether oxygens (including phenoxy) is 1. The molecule has 0 bridgehead atoms. The highest BCUT2D eigenvalue weighted by atomic mass is 16.5. The van der Waals surface area contributed by atoms with Gasteiger partial charge in [-0.3, -0.25) is 0 Å². The van der Waals surface area contributed by atoms with E-state index in [9.17, 15) is 10.1 Å². The molecule has 148 valence electrons. The van der Waals surface area contributed by atoms with E-state index in [1.165, 1.54) is 12.8 Å². The first-order valence-corrected chi connectivity index (χ1v) is 10.0. The van der Waals surface area contributed by atoms with Crippen molar-refractivity contribution in [3.05, 3.63) is 48.0 Å². The zero-order valence-electron chi connectivity index (χ0n) is 16.4. The summed E-state index contributed by atoms with van der Waals surface area (Å²) in [7, 11) is 0. The second kappa shape index (κ2) is 8.27. The Labute approximate surface area is 169 Å². The van der Waals surface area contributed by atoms with Crippen molar-refractivity contribution in [3.63, 3.8) is 0 Å². The van der Waals surface area contributed by atoms with Crippen LogP contribution in [0, 0.1) is 11.3 Å². The van der Waals surface area contributed by atoms with Crippen LogP contribution in [0.15, 0.2) is 42.5 Å². The maximum Gasteiger partial charge on any atom is 0.319 e. The maximum atomic E-state index is 12.1. The third-order valence-electron chi connectivity index (χ3n) is 5.31. The molecule has 6 heteroatoms. The van der Waals surface area contributed by atoms with Crippen LogP contribution >= 0.6 is 0 Å². The zero-order chi connectivity index (χ0) is 20.2. The summed E-state index contributed by atoms with van der Waals surface area (Å²) in [6.45, 7) is 2.53. The van der Waals surface area contributed by atoms with Crippen LogP contribution in [-0.4, -0.2) is 23.7 Å². The third-order valence-corrected chi connectivity index (χ3v) is 5.31. The van der Waals surface area contributed by atoms with Gasteiger partial charge in [0.2, 0.25) is 0 Å². The largest absolute Gasteiger partial charge is 0.494 e. The Morgan fingerprint density at radius 3 is 2.66 bits per heavy atom. The lowest BCUT2D eigenvalue weighted by Crippen LogP contribution is -2.36. The molecule has 1 aromatic heterocycles. The summed E-state index contributed by atoms with van der Waals surface area (Å²) in [6.07, 6.45) is 4.46. The number of amides is 2. The number of urea groups is 1. The minimum atomic E-state index is -0.170. The van der Waals surface area contributed by atoms with E-state index in [4.69, 9.17) is 4.74 Å². The molecule has 1 heterocycles. The molecule has 4 rings (SSSR count). The maximum absolute atomic E-state index is 12.1. The summed E-state index contributed by atoms with van der Waals surface area (Å²) in [5, 5.41) is 16.4. The molecule has 3 aromatic rings. The summed E-state index contributed by atoms with van der Waals surface area (Å²) >= 11 is 0. The number of H-pyrrole nitrogens is 1. The van der Waals surface area contributed by atoms with Crippen molar-refractivity contribution in [2.45, 2.75) is 38.6 Å². The van der Waals surface area contributed by atoms with Gasteiger partial charge in [-0.2, -0.15) is 5.26 Å². The van der Waals surface area contributed by atoms with Crippen LogP contribution in [0.25, 0.3) is 22.2 Å². The van der Waals surface area contributed by atoms with Crippen molar-refractivity contribution in [2.24, 2.45) is 0 Å². The van der Waals surface area contributed by atoms with Crippen LogP contribution < -0.4 is 15.4 Å². The van der Waals surface area contributed by atoms with Crippen molar-refractivity contribution in [2.75, 3.05) is 11.9 Å². The minimum absolute atomic E-state index is 0.170. The molecule has 0 saturated heterocycles. The summed E-state index contributed by atoms with van der Waals surface area (Å²) < 4.78 is 5.55. The SMILES string of the molecule is CCOc1ccc2c(C#N)c(-c3ccc(NC(=O)NC4CCCC4)cc3)[nH]c2c1. The summed E-state index contributed by atoms with van der Waals surface area (Å²) in [5.41, 5.74) is 3.83. The number of aromatic amines is 1. The molecule has 0 unspecified atom stereocenters. The van der Waals surface area contributed by atoms with E-state index in [-0.39, 0.29) is 12.1 Å². The normalized spacial score (nSPS) is 13.9. The van der Waals surface area contributed by atoms with Gasteiger partial charge in [-0.05, 0) is 49.6 Å². The quantitative estimate of drug-likeness (QED) is 0.563. The molecular weight excluding hydrogens is 364 g/mol. The van der Waals surface area contributed by atoms with Crippen LogP contribution in [0.3, 0.4) is 0 Å². The second-order valence-electron chi connectivity index (χ2n) is 7.28. The van der Waals surface area contributed by atoms with Gasteiger partial charge in [0.15, 0.2) is 0 Å². The van der Waals surface area contributed by atoms with Gasteiger partial charge in [0, 0.05) is 23.2 Å². The van der Waals surface area contributed by atoms with Gasteiger partial charge in [0.1, 0.15) is 11.8 Å². The van der Waals surface area contributed by atoms with Crippen molar-refractivity contribution in [1.29, 1.82) is 5.26 Å². The molecule has 2 aromatic carbocycles. The Balaban J connectivity index is 1.54. The first kappa shape index (κ1) is 18.9. The number of nitrogens with zero attached hydrogens (tertiary/aromatic N) is 1. The Bertz CT molecular complexity index is 1060. The Kier molecular flexibility index (Phi) is 5.39. The van der Waals surface area contributed by atoms with Crippen LogP contribution in [-0.2, 0) is 0 Å². The number of nitriles is 1. The number of aromatic nitrogens is 1. The average Bonchev–Trinajstić information content (AvgIpc) is 3.35. The van der Waals surface area contributed by atoms with Crippen LogP contribution in [0.1, 0.15) is 38.2 Å². The van der Waals surface area contributed by atoms with Gasteiger partial charge in [-0.25, -0.2) is 4.79 Å². The van der Waals surface area contributed by atoms with Crippen molar-refractivity contribution >= 4 is 22.6 Å². The van der Waals surface area contributed by atoms with Gasteiger partial charge in [-0.15, -0.1) is 0 Å². The highest BCUT2D eigenvalue weighted by Crippen LogP contribution is 2.32. The smallest absolute Gasteiger partial charge is 0.319 e. The summed E-state index contributed by atoms with van der Waals surface area (Å²) in [4.78, 5) is 15.5. The van der Waals surface area contributed by atoms with Gasteiger partial charge in [0.25, 0.3) is 0 Å². The third kappa shape index (κ3) is 4.04. The molecule has 3 N–H and O–H groups in total. The van der Waals surface area contributed by atoms with Gasteiger partial charge in [-0.1, -0.05) is 25.0 Å². The molecule has 29 heavy (non-hydrogen) atoms. The standard InChI is InChI=1S/C23H24N4O2/c1-2-29-18-11-12-19-20(14-24)22(27-21(19)13-18)15-7-9-17(10-8-15)26-23(28)25-16-5-3-4-6-16/h7-13,16,27H,2-6H2,1H3,(H2,25,26,28). The molecule has 1 saturated carbocycles. The van der Waals surface area contributed by atoms with Crippen molar-refractivity contribution in [1.82, 2.24) is 10.3 Å². The monoisotopic (exact) mass is 388 g/mol. The predicted molar refractivity (Wildman–Crippen MR) is 114 cm³/mol. The van der Waals surface area contributed by atoms with E-state index in [2.05, 4.69) is 21.7 Å². The van der Waals surface area contributed by atoms with Gasteiger partial charge in [0.05, 0.1) is 23.4 Å². The van der Waals surface area contributed by atoms with Gasteiger partial charge >= 0.3 is 6.03 Å². The topological polar surface area (TPSA) is 89.9 Å². The molecule has 0 aliphatic heterocycles. The molecule has 1 aliphatic carbocycles. The fourth-order valence-electron chi connectivity index (χ4n) is 3.91. The minimum Gasteiger partial charge on any atom is -0.494 e. The molecule has 2 amide bonds. The number of benzene rings is 2. The molecule has 1 aliphatic rings. The molecule has 1 fully saturated rings. The Hall–Kier alpha value is -3.46. The van der Waals surface area contributed by atoms with Gasteiger partial charge < -0.3 is 20.4 Å². The number of anilines is 1. The summed E-state index contributed by atoms with van der Waals surface area (Å²) in [6, 6.07) is 15.6. The van der Waals surface area contributed by atoms with E-state index in [0.29, 0.717) is 12.2 Å². The highest BCUT2D eigenvalue weighted by molar-refractivity contribution is 5.95. The lowest BCUT2D eigenvalue weighted by molar-refractivity contribution is 0.248. The lowest BCUT2D eigenvalue weighted by atomic mass is 10.1. The first-order valence-electron chi connectivity index (χ1n) is 10.0. The molecule has 0 atom stereocenters. The van der Waals surface area contributed by atoms with E-state index in [1.807, 2.05) is 49.4 Å². The van der Waals surface area contributed by atoms with E-state index < -0.39 is 0 Å². The number of carbonyl (C=O) groups is 1. The van der Waals surface area contributed by atoms with Crippen LogP contribution in [0.5, 0.6) is 5.75 Å². The van der Waals surface area contributed by atoms with Crippen LogP contribution in [0.2, 0.25) is 0 Å². The van der Waals surface area contributed by atoms with Crippen molar-refractivity contribution in [3.8, 4) is 23.1 Å². The number of hydrogen-bond donors (Lipinski definition) is 3. The number of carbonyl (C=O) groups excluding carboxylic acids is 1. The number of hydrogen-bond acceptors (Lipinski definition) is 3. The molecule has 0 radical (unpaired) electrons. The average molecular weight is 388 g/mol. The number of rotatable bonds is 5. The number of fused-ring (bicyclic) bond motifs is 1. The predicted octanol–water partition coefficient (Wildman–Crippen LogP) is 5.17. The van der Waals surface area contributed by atoms with E-state index >= 15 is 0 Å². The second-order valence-corrected chi connectivity index (χ2v) is 7.28. The van der Waals surface area contributed by atoms with Crippen molar-refractivity contribution < 1.29 is 9.53 Å². The Morgan fingerprint density at radius 2 is 1.97 bits per heavy atom. The molecule has 6 nitrogen and oxygen atoms in total. The number of nitrogens with one attached hydrogen (secondary N) is 3. The fraction of sp³-hybridized carbons (Fsp3) is 0.304. The fourth-order valence-corrected chi connectivity index (χ4v) is 3.91. The van der Waals surface area contributed by atoms with E-state index in [1.54, 1.807) is 0 Å². The zero-order valence-corrected chi connectivity index (χ0v) is 16.4. The molecule has 0 spiro atoms. The summed E-state index contributed by atoms with van der Waals surface area (Å²) in [5.74, 6) is 0.769. The molecular formula is C23H24N4O2. The first-order chi connectivity index (χ1) is 14.2. The lowest BCUT2D eigenvalue weighted by Gasteiger charge is -2.13. The van der Waals surface area contributed by atoms with Crippen LogP contribution in [0.4, 0.5) is 10.5 Å². The highest BCUT2D eigenvalue weighted by Gasteiger charge is 2.17. The van der Waals surface area contributed by atoms with E-state index in [0.717, 1.165) is 46.4 Å².